The largest absolute Gasteiger partial charge is 0.0882 e. The molecule has 1 rings (SSSR count). The van der Waals surface area contributed by atoms with Crippen LogP contribution in [-0.4, -0.2) is 0 Å². The van der Waals surface area contributed by atoms with Gasteiger partial charge in [-0.3, -0.25) is 0 Å². The summed E-state index contributed by atoms with van der Waals surface area (Å²) in [5.74, 6) is 0. The van der Waals surface area contributed by atoms with Gasteiger partial charge in [0.05, 0.1) is 0 Å². The molecule has 0 spiro atoms. The first-order valence-electron chi connectivity index (χ1n) is 5.13. The molecule has 0 aromatic carbocycles. The average molecular weight is 174 g/mol. The topological polar surface area (TPSA) is 0 Å². The van der Waals surface area contributed by atoms with Gasteiger partial charge in [0.15, 0.2) is 0 Å². The summed E-state index contributed by atoms with van der Waals surface area (Å²) in [7, 11) is 0. The molecule has 0 unspecified atom stereocenters. The predicted molar refractivity (Wildman–Crippen MR) is 59.6 cm³/mol. The lowest BCUT2D eigenvalue weighted by atomic mass is 10.2. The first kappa shape index (κ1) is 10.0. The Morgan fingerprint density at radius 1 is 0.538 bits per heavy atom. The first-order chi connectivity index (χ1) is 6.50. The summed E-state index contributed by atoms with van der Waals surface area (Å²) in [4.78, 5) is 0. The molecular formula is C13H18. The van der Waals surface area contributed by atoms with Crippen LogP contribution in [0, 0.1) is 0 Å². The zero-order chi connectivity index (χ0) is 9.19. The molecule has 0 saturated heterocycles. The molecule has 0 nitrogen and oxygen atoms in total. The van der Waals surface area contributed by atoms with Crippen molar-refractivity contribution in [3.8, 4) is 0 Å². The lowest BCUT2D eigenvalue weighted by molar-refractivity contribution is 0.761. The third-order valence-electron chi connectivity index (χ3n) is 2.04. The van der Waals surface area contributed by atoms with Gasteiger partial charge >= 0.3 is 0 Å². The lowest BCUT2D eigenvalue weighted by Gasteiger charge is -1.91. The summed E-state index contributed by atoms with van der Waals surface area (Å²) < 4.78 is 0. The summed E-state index contributed by atoms with van der Waals surface area (Å²) in [6.45, 7) is 0. The van der Waals surface area contributed by atoms with Crippen molar-refractivity contribution in [2.75, 3.05) is 0 Å². The highest BCUT2D eigenvalue weighted by atomic mass is 13.9. The highest BCUT2D eigenvalue weighted by molar-refractivity contribution is 5.12. The number of rotatable bonds is 0. The Hall–Kier alpha value is -1.04. The van der Waals surface area contributed by atoms with Gasteiger partial charge in [-0.15, -0.1) is 0 Å². The molecule has 70 valence electrons. The van der Waals surface area contributed by atoms with E-state index in [-0.39, 0.29) is 0 Å². The van der Waals surface area contributed by atoms with Crippen LogP contribution in [0.2, 0.25) is 0 Å². The zero-order valence-corrected chi connectivity index (χ0v) is 8.15. The van der Waals surface area contributed by atoms with Gasteiger partial charge in [0.2, 0.25) is 0 Å². The van der Waals surface area contributed by atoms with Crippen molar-refractivity contribution in [2.24, 2.45) is 0 Å². The molecule has 0 saturated carbocycles. The van der Waals surface area contributed by atoms with Crippen molar-refractivity contribution in [2.45, 2.75) is 32.1 Å². The van der Waals surface area contributed by atoms with E-state index in [1.54, 1.807) is 0 Å². The van der Waals surface area contributed by atoms with Crippen molar-refractivity contribution in [1.29, 1.82) is 0 Å². The van der Waals surface area contributed by atoms with E-state index in [2.05, 4.69) is 48.6 Å². The molecule has 13 heavy (non-hydrogen) atoms. The van der Waals surface area contributed by atoms with E-state index in [1.807, 2.05) is 0 Å². The van der Waals surface area contributed by atoms with Crippen molar-refractivity contribution in [1.82, 2.24) is 0 Å². The maximum absolute atomic E-state index is 2.29. The molecule has 0 heteroatoms. The van der Waals surface area contributed by atoms with Gasteiger partial charge in [-0.2, -0.15) is 0 Å². The van der Waals surface area contributed by atoms with E-state index >= 15 is 0 Å². The van der Waals surface area contributed by atoms with Crippen molar-refractivity contribution in [3.63, 3.8) is 0 Å². The second-order valence-electron chi connectivity index (χ2n) is 3.23. The summed E-state index contributed by atoms with van der Waals surface area (Å²) in [5.41, 5.74) is 0. The van der Waals surface area contributed by atoms with Crippen LogP contribution in [-0.2, 0) is 0 Å². The third-order valence-corrected chi connectivity index (χ3v) is 2.04. The molecule has 1 aliphatic rings. The molecule has 1 aliphatic carbocycles. The SMILES string of the molecule is C1=CC/C=C/CCCC/C=C/C=C\1. The Balaban J connectivity index is 2.38. The Morgan fingerprint density at radius 3 is 2.08 bits per heavy atom. The predicted octanol–water partition coefficient (Wildman–Crippen LogP) is 4.18. The molecule has 0 aromatic rings. The van der Waals surface area contributed by atoms with Gasteiger partial charge in [0.25, 0.3) is 0 Å². The smallest absolute Gasteiger partial charge is 0.0166 e. The highest BCUT2D eigenvalue weighted by Gasteiger charge is 1.83. The van der Waals surface area contributed by atoms with E-state index in [1.165, 1.54) is 25.7 Å². The molecular weight excluding hydrogens is 156 g/mol. The van der Waals surface area contributed by atoms with Crippen LogP contribution in [0.25, 0.3) is 0 Å². The van der Waals surface area contributed by atoms with Crippen molar-refractivity contribution < 1.29 is 0 Å². The van der Waals surface area contributed by atoms with Crippen LogP contribution in [0.4, 0.5) is 0 Å². The summed E-state index contributed by atoms with van der Waals surface area (Å²) in [6.07, 6.45) is 23.5. The Labute approximate surface area is 81.4 Å². The van der Waals surface area contributed by atoms with Crippen LogP contribution < -0.4 is 0 Å². The molecule has 0 radical (unpaired) electrons. The quantitative estimate of drug-likeness (QED) is 0.483. The maximum atomic E-state index is 2.29. The van der Waals surface area contributed by atoms with Crippen molar-refractivity contribution >= 4 is 0 Å². The van der Waals surface area contributed by atoms with E-state index in [4.69, 9.17) is 0 Å². The second kappa shape index (κ2) is 7.60. The second-order valence-corrected chi connectivity index (χ2v) is 3.23. The minimum Gasteiger partial charge on any atom is -0.0882 e. The third kappa shape index (κ3) is 6.15. The Morgan fingerprint density at radius 2 is 1.23 bits per heavy atom. The monoisotopic (exact) mass is 174 g/mol. The Kier molecular flexibility index (Phi) is 5.87. The summed E-state index contributed by atoms with van der Waals surface area (Å²) in [5, 5.41) is 0. The average Bonchev–Trinajstić information content (AvgIpc) is 2.18. The fraction of sp³-hybridized carbons (Fsp3) is 0.385. The van der Waals surface area contributed by atoms with Crippen LogP contribution in [0.5, 0.6) is 0 Å². The summed E-state index contributed by atoms with van der Waals surface area (Å²) >= 11 is 0. The number of hydrogen-bond acceptors (Lipinski definition) is 0. The van der Waals surface area contributed by atoms with Crippen LogP contribution >= 0.6 is 0 Å². The van der Waals surface area contributed by atoms with Crippen LogP contribution in [0.3, 0.4) is 0 Å². The van der Waals surface area contributed by atoms with E-state index in [9.17, 15) is 0 Å². The van der Waals surface area contributed by atoms with E-state index < -0.39 is 0 Å². The first-order valence-corrected chi connectivity index (χ1v) is 5.13. The Bertz CT molecular complexity index is 216. The van der Waals surface area contributed by atoms with Gasteiger partial charge in [-0.1, -0.05) is 48.6 Å². The van der Waals surface area contributed by atoms with Gasteiger partial charge in [-0.05, 0) is 32.1 Å². The molecule has 0 N–H and O–H groups in total. The summed E-state index contributed by atoms with van der Waals surface area (Å²) in [6, 6.07) is 0. The van der Waals surface area contributed by atoms with E-state index in [0.29, 0.717) is 0 Å². The van der Waals surface area contributed by atoms with Crippen LogP contribution in [0.1, 0.15) is 32.1 Å². The maximum Gasteiger partial charge on any atom is -0.0166 e. The van der Waals surface area contributed by atoms with Gasteiger partial charge in [0.1, 0.15) is 0 Å². The molecule has 0 aromatic heterocycles. The number of allylic oxidation sites excluding steroid dienone is 8. The molecule has 0 aliphatic heterocycles. The molecule has 0 bridgehead atoms. The highest BCUT2D eigenvalue weighted by Crippen LogP contribution is 2.03. The van der Waals surface area contributed by atoms with Crippen molar-refractivity contribution in [3.05, 3.63) is 48.6 Å². The normalized spacial score (nSPS) is 26.5. The number of hydrogen-bond donors (Lipinski definition) is 0. The minimum atomic E-state index is 1.06. The zero-order valence-electron chi connectivity index (χ0n) is 8.15. The minimum absolute atomic E-state index is 1.06. The van der Waals surface area contributed by atoms with Gasteiger partial charge in [-0.25, -0.2) is 0 Å². The van der Waals surface area contributed by atoms with Gasteiger partial charge in [0, 0.05) is 0 Å². The molecule has 0 amide bonds. The molecule has 0 atom stereocenters. The van der Waals surface area contributed by atoms with E-state index in [0.717, 1.165) is 6.42 Å². The molecule has 0 heterocycles. The lowest BCUT2D eigenvalue weighted by Crippen LogP contribution is -1.71. The molecule has 0 fully saturated rings. The standard InChI is InChI=1S/C13H18/c1-2-4-6-8-10-12-13-11-9-7-5-3-1/h1-6,9,11H,7-8,10,12-13H2/b2-1-,5-3?,6-4+,11-9+. The van der Waals surface area contributed by atoms with Gasteiger partial charge < -0.3 is 0 Å². The van der Waals surface area contributed by atoms with Crippen LogP contribution in [0.15, 0.2) is 48.6 Å². The fourth-order valence-corrected chi connectivity index (χ4v) is 1.28. The fourth-order valence-electron chi connectivity index (χ4n) is 1.28.